The lowest BCUT2D eigenvalue weighted by molar-refractivity contribution is 0.229. The van der Waals surface area contributed by atoms with E-state index in [9.17, 15) is 0 Å². The van der Waals surface area contributed by atoms with Gasteiger partial charge in [-0.05, 0) is 12.1 Å². The molecule has 1 aliphatic rings. The zero-order valence-electron chi connectivity index (χ0n) is 9.61. The first-order valence-corrected chi connectivity index (χ1v) is 5.85. The van der Waals surface area contributed by atoms with Crippen LogP contribution in [0, 0.1) is 0 Å². The molecule has 6 nitrogen and oxygen atoms in total. The molecule has 0 bridgehead atoms. The molecule has 0 atom stereocenters. The quantitative estimate of drug-likeness (QED) is 0.676. The standard InChI is InChI=1S/C11H16N6/c12-9-2-1-8-11(15-9)16-10(14-8)7-17-5-3-13-4-6-17/h1-2,13H,3-7H2,(H3,12,14,15,16). The van der Waals surface area contributed by atoms with Gasteiger partial charge in [0.05, 0.1) is 12.1 Å². The van der Waals surface area contributed by atoms with Crippen LogP contribution in [0.15, 0.2) is 12.1 Å². The summed E-state index contributed by atoms with van der Waals surface area (Å²) in [5.41, 5.74) is 7.29. The van der Waals surface area contributed by atoms with Gasteiger partial charge in [-0.1, -0.05) is 0 Å². The second kappa shape index (κ2) is 4.31. The van der Waals surface area contributed by atoms with Gasteiger partial charge in [0.25, 0.3) is 0 Å². The average molecular weight is 232 g/mol. The highest BCUT2D eigenvalue weighted by Crippen LogP contribution is 2.12. The second-order valence-electron chi connectivity index (χ2n) is 4.32. The third-order valence-electron chi connectivity index (χ3n) is 3.00. The van der Waals surface area contributed by atoms with Crippen molar-refractivity contribution >= 4 is 17.0 Å². The van der Waals surface area contributed by atoms with E-state index < -0.39 is 0 Å². The predicted molar refractivity (Wildman–Crippen MR) is 66.4 cm³/mol. The molecule has 0 aromatic carbocycles. The normalized spacial score (nSPS) is 17.6. The number of hydrogen-bond donors (Lipinski definition) is 3. The van der Waals surface area contributed by atoms with Gasteiger partial charge in [0.15, 0.2) is 5.65 Å². The van der Waals surface area contributed by atoms with Crippen molar-refractivity contribution in [2.45, 2.75) is 6.54 Å². The fraction of sp³-hybridized carbons (Fsp3) is 0.455. The van der Waals surface area contributed by atoms with Crippen LogP contribution in [0.4, 0.5) is 5.82 Å². The molecule has 1 aliphatic heterocycles. The average Bonchev–Trinajstić information content (AvgIpc) is 2.71. The highest BCUT2D eigenvalue weighted by atomic mass is 15.2. The van der Waals surface area contributed by atoms with Crippen LogP contribution in [0.2, 0.25) is 0 Å². The van der Waals surface area contributed by atoms with E-state index in [-0.39, 0.29) is 0 Å². The summed E-state index contributed by atoms with van der Waals surface area (Å²) < 4.78 is 0. The Labute approximate surface area is 99.2 Å². The molecule has 0 aliphatic carbocycles. The van der Waals surface area contributed by atoms with Gasteiger partial charge >= 0.3 is 0 Å². The molecule has 0 unspecified atom stereocenters. The van der Waals surface area contributed by atoms with E-state index in [2.05, 4.69) is 25.2 Å². The number of imidazole rings is 1. The van der Waals surface area contributed by atoms with E-state index in [1.807, 2.05) is 6.07 Å². The van der Waals surface area contributed by atoms with Gasteiger partial charge in [0.1, 0.15) is 11.6 Å². The summed E-state index contributed by atoms with van der Waals surface area (Å²) in [5, 5.41) is 3.33. The van der Waals surface area contributed by atoms with Crippen LogP contribution in [-0.4, -0.2) is 46.0 Å². The van der Waals surface area contributed by atoms with Crippen LogP contribution in [0.1, 0.15) is 5.82 Å². The SMILES string of the molecule is Nc1ccc2[nH]c(CN3CCNCC3)nc2n1. The number of fused-ring (bicyclic) bond motifs is 1. The highest BCUT2D eigenvalue weighted by molar-refractivity contribution is 5.72. The van der Waals surface area contributed by atoms with Gasteiger partial charge in [-0.3, -0.25) is 4.90 Å². The lowest BCUT2D eigenvalue weighted by atomic mass is 10.3. The summed E-state index contributed by atoms with van der Waals surface area (Å²) in [4.78, 5) is 14.3. The molecule has 0 radical (unpaired) electrons. The fourth-order valence-corrected chi connectivity index (χ4v) is 2.11. The summed E-state index contributed by atoms with van der Waals surface area (Å²) >= 11 is 0. The van der Waals surface area contributed by atoms with Gasteiger partial charge in [0, 0.05) is 26.2 Å². The summed E-state index contributed by atoms with van der Waals surface area (Å²) in [5.74, 6) is 1.47. The predicted octanol–water partition coefficient (Wildman–Crippen LogP) is -0.0547. The topological polar surface area (TPSA) is 82.9 Å². The first kappa shape index (κ1) is 10.5. The minimum absolute atomic E-state index is 0.512. The smallest absolute Gasteiger partial charge is 0.179 e. The molecule has 0 saturated carbocycles. The third-order valence-corrected chi connectivity index (χ3v) is 3.00. The number of nitrogen functional groups attached to an aromatic ring is 1. The van der Waals surface area contributed by atoms with Crippen LogP contribution >= 0.6 is 0 Å². The number of hydrogen-bond acceptors (Lipinski definition) is 5. The molecule has 0 amide bonds. The molecule has 17 heavy (non-hydrogen) atoms. The van der Waals surface area contributed by atoms with Gasteiger partial charge < -0.3 is 16.0 Å². The number of piperazine rings is 1. The zero-order chi connectivity index (χ0) is 11.7. The Balaban J connectivity index is 1.80. The Bertz CT molecular complexity index is 514. The van der Waals surface area contributed by atoms with Crippen molar-refractivity contribution in [1.82, 2.24) is 25.2 Å². The summed E-state index contributed by atoms with van der Waals surface area (Å²) in [6, 6.07) is 3.71. The maximum absolute atomic E-state index is 5.63. The van der Waals surface area contributed by atoms with Crippen LogP contribution in [0.3, 0.4) is 0 Å². The van der Waals surface area contributed by atoms with Gasteiger partial charge in [-0.25, -0.2) is 9.97 Å². The van der Waals surface area contributed by atoms with Crippen LogP contribution < -0.4 is 11.1 Å². The first-order valence-electron chi connectivity index (χ1n) is 5.85. The monoisotopic (exact) mass is 232 g/mol. The van der Waals surface area contributed by atoms with Crippen LogP contribution in [0.25, 0.3) is 11.2 Å². The minimum atomic E-state index is 0.512. The second-order valence-corrected chi connectivity index (χ2v) is 4.32. The number of aromatic amines is 1. The zero-order valence-corrected chi connectivity index (χ0v) is 9.61. The van der Waals surface area contributed by atoms with Crippen molar-refractivity contribution in [2.24, 2.45) is 0 Å². The van der Waals surface area contributed by atoms with Crippen LogP contribution in [-0.2, 0) is 6.54 Å². The molecule has 0 spiro atoms. The van der Waals surface area contributed by atoms with Crippen molar-refractivity contribution in [3.05, 3.63) is 18.0 Å². The molecular formula is C11H16N6. The van der Waals surface area contributed by atoms with E-state index in [0.717, 1.165) is 44.1 Å². The molecule has 1 saturated heterocycles. The van der Waals surface area contributed by atoms with E-state index in [1.54, 1.807) is 6.07 Å². The minimum Gasteiger partial charge on any atom is -0.384 e. The number of H-pyrrole nitrogens is 1. The third kappa shape index (κ3) is 2.22. The molecule has 3 heterocycles. The highest BCUT2D eigenvalue weighted by Gasteiger charge is 2.12. The number of nitrogens with zero attached hydrogens (tertiary/aromatic N) is 3. The lowest BCUT2D eigenvalue weighted by Crippen LogP contribution is -2.43. The van der Waals surface area contributed by atoms with Crippen LogP contribution in [0.5, 0.6) is 0 Å². The molecule has 90 valence electrons. The molecule has 6 heteroatoms. The summed E-state index contributed by atoms with van der Waals surface area (Å²) in [7, 11) is 0. The Hall–Kier alpha value is -1.66. The Kier molecular flexibility index (Phi) is 2.66. The molecular weight excluding hydrogens is 216 g/mol. The molecule has 4 N–H and O–H groups in total. The Morgan fingerprint density at radius 3 is 2.88 bits per heavy atom. The van der Waals surface area contributed by atoms with Gasteiger partial charge in [0.2, 0.25) is 0 Å². The molecule has 1 fully saturated rings. The van der Waals surface area contributed by atoms with E-state index in [4.69, 9.17) is 5.73 Å². The van der Waals surface area contributed by atoms with Gasteiger partial charge in [-0.15, -0.1) is 0 Å². The number of anilines is 1. The number of rotatable bonds is 2. The summed E-state index contributed by atoms with van der Waals surface area (Å²) in [6.07, 6.45) is 0. The maximum atomic E-state index is 5.63. The van der Waals surface area contributed by atoms with E-state index in [1.165, 1.54) is 0 Å². The number of nitrogens with one attached hydrogen (secondary N) is 2. The lowest BCUT2D eigenvalue weighted by Gasteiger charge is -2.26. The van der Waals surface area contributed by atoms with Crippen molar-refractivity contribution in [3.63, 3.8) is 0 Å². The maximum Gasteiger partial charge on any atom is 0.179 e. The number of pyridine rings is 1. The fourth-order valence-electron chi connectivity index (χ4n) is 2.11. The van der Waals surface area contributed by atoms with E-state index >= 15 is 0 Å². The van der Waals surface area contributed by atoms with Crippen molar-refractivity contribution < 1.29 is 0 Å². The molecule has 2 aromatic rings. The van der Waals surface area contributed by atoms with Crippen molar-refractivity contribution in [3.8, 4) is 0 Å². The molecule has 2 aromatic heterocycles. The van der Waals surface area contributed by atoms with Crippen molar-refractivity contribution in [1.29, 1.82) is 0 Å². The largest absolute Gasteiger partial charge is 0.384 e. The van der Waals surface area contributed by atoms with Crippen molar-refractivity contribution in [2.75, 3.05) is 31.9 Å². The first-order chi connectivity index (χ1) is 8.31. The Morgan fingerprint density at radius 2 is 2.06 bits per heavy atom. The van der Waals surface area contributed by atoms with E-state index in [0.29, 0.717) is 11.5 Å². The Morgan fingerprint density at radius 1 is 1.24 bits per heavy atom. The molecule has 3 rings (SSSR count). The summed E-state index contributed by atoms with van der Waals surface area (Å²) in [6.45, 7) is 5.06. The number of nitrogens with two attached hydrogens (primary N) is 1. The number of aromatic nitrogens is 3. The van der Waals surface area contributed by atoms with Gasteiger partial charge in [-0.2, -0.15) is 0 Å².